The van der Waals surface area contributed by atoms with Gasteiger partial charge in [0.15, 0.2) is 0 Å². The summed E-state index contributed by atoms with van der Waals surface area (Å²) in [5.41, 5.74) is 2.61. The second-order valence-corrected chi connectivity index (χ2v) is 8.59. The third kappa shape index (κ3) is 2.46. The first-order valence-electron chi connectivity index (χ1n) is 10.5. The van der Waals surface area contributed by atoms with Crippen molar-refractivity contribution < 1.29 is 9.59 Å². The first kappa shape index (κ1) is 17.4. The van der Waals surface area contributed by atoms with E-state index in [1.807, 2.05) is 59.5 Å². The van der Waals surface area contributed by atoms with Crippen molar-refractivity contribution >= 4 is 28.4 Å². The molecule has 30 heavy (non-hydrogen) atoms. The number of aromatic nitrogens is 1. The number of carbonyl (C=O) groups excluding carboxylic acids is 2. The summed E-state index contributed by atoms with van der Waals surface area (Å²) in [4.78, 5) is 32.5. The first-order chi connectivity index (χ1) is 14.6. The molecular weight excluding hydrogens is 376 g/mol. The van der Waals surface area contributed by atoms with Crippen molar-refractivity contribution in [3.63, 3.8) is 0 Å². The number of fused-ring (bicyclic) bond motifs is 4. The number of amides is 2. The zero-order valence-electron chi connectivity index (χ0n) is 16.5. The summed E-state index contributed by atoms with van der Waals surface area (Å²) in [6, 6.07) is 17.2. The number of benzene rings is 2. The number of anilines is 1. The van der Waals surface area contributed by atoms with Crippen molar-refractivity contribution in [1.29, 1.82) is 0 Å². The van der Waals surface area contributed by atoms with Crippen molar-refractivity contribution in [2.75, 3.05) is 18.4 Å². The first-order valence-corrected chi connectivity index (χ1v) is 10.5. The van der Waals surface area contributed by atoms with Gasteiger partial charge in [0.1, 0.15) is 5.66 Å². The van der Waals surface area contributed by atoms with Crippen LogP contribution in [0.3, 0.4) is 0 Å². The number of rotatable bonds is 1. The van der Waals surface area contributed by atoms with Gasteiger partial charge in [0, 0.05) is 41.8 Å². The van der Waals surface area contributed by atoms with Crippen LogP contribution < -0.4 is 10.6 Å². The molecule has 2 fully saturated rings. The van der Waals surface area contributed by atoms with Crippen molar-refractivity contribution in [3.05, 3.63) is 71.9 Å². The molecular formula is C24H22N4O2. The minimum atomic E-state index is -0.481. The van der Waals surface area contributed by atoms with Crippen molar-refractivity contribution in [1.82, 2.24) is 15.2 Å². The van der Waals surface area contributed by atoms with E-state index in [4.69, 9.17) is 0 Å². The maximum Gasteiger partial charge on any atom is 0.255 e. The van der Waals surface area contributed by atoms with Gasteiger partial charge in [-0.25, -0.2) is 0 Å². The van der Waals surface area contributed by atoms with Gasteiger partial charge in [0.2, 0.25) is 0 Å². The van der Waals surface area contributed by atoms with Crippen LogP contribution in [-0.4, -0.2) is 40.5 Å². The molecule has 0 bridgehead atoms. The average Bonchev–Trinajstić information content (AvgIpc) is 3.34. The van der Waals surface area contributed by atoms with Crippen LogP contribution in [0.1, 0.15) is 33.6 Å². The van der Waals surface area contributed by atoms with Crippen LogP contribution in [0, 0.1) is 11.8 Å². The Balaban J connectivity index is 1.30. The van der Waals surface area contributed by atoms with Gasteiger partial charge in [-0.15, -0.1) is 0 Å². The molecule has 6 rings (SSSR count). The highest BCUT2D eigenvalue weighted by molar-refractivity contribution is 6.06. The van der Waals surface area contributed by atoms with Crippen molar-refractivity contribution in [3.8, 4) is 0 Å². The topological polar surface area (TPSA) is 74.3 Å². The number of para-hydroxylation sites is 1. The lowest BCUT2D eigenvalue weighted by molar-refractivity contribution is 0.0769. The Morgan fingerprint density at radius 2 is 1.93 bits per heavy atom. The lowest BCUT2D eigenvalue weighted by atomic mass is 9.89. The zero-order chi connectivity index (χ0) is 20.3. The lowest BCUT2D eigenvalue weighted by Gasteiger charge is -2.42. The molecule has 3 heterocycles. The van der Waals surface area contributed by atoms with Crippen LogP contribution in [0.25, 0.3) is 10.9 Å². The molecule has 1 saturated heterocycles. The Bertz CT molecular complexity index is 1190. The van der Waals surface area contributed by atoms with Crippen molar-refractivity contribution in [2.45, 2.75) is 18.5 Å². The smallest absolute Gasteiger partial charge is 0.255 e. The SMILES string of the molecule is O=C1N[C@]2(CC[C@@H]3CN(C(=O)c4cccc5ncccc45)C[C@@H]32)Nc2ccccc21. The number of carbonyl (C=O) groups is 2. The van der Waals surface area contributed by atoms with Crippen LogP contribution in [-0.2, 0) is 0 Å². The summed E-state index contributed by atoms with van der Waals surface area (Å²) in [7, 11) is 0. The second kappa shape index (κ2) is 6.29. The molecule has 6 nitrogen and oxygen atoms in total. The third-order valence-electron chi connectivity index (χ3n) is 7.01. The van der Waals surface area contributed by atoms with E-state index in [0.717, 1.165) is 36.0 Å². The van der Waals surface area contributed by atoms with Gasteiger partial charge in [0.25, 0.3) is 11.8 Å². The molecule has 1 aromatic heterocycles. The minimum absolute atomic E-state index is 0.0325. The number of nitrogens with one attached hydrogen (secondary N) is 2. The van der Waals surface area contributed by atoms with Crippen LogP contribution in [0.15, 0.2) is 60.8 Å². The highest BCUT2D eigenvalue weighted by Gasteiger charge is 2.55. The van der Waals surface area contributed by atoms with E-state index < -0.39 is 5.66 Å². The molecule has 2 N–H and O–H groups in total. The van der Waals surface area contributed by atoms with Crippen molar-refractivity contribution in [2.24, 2.45) is 11.8 Å². The maximum atomic E-state index is 13.4. The van der Waals surface area contributed by atoms with Gasteiger partial charge in [-0.05, 0) is 49.1 Å². The molecule has 0 radical (unpaired) electrons. The third-order valence-corrected chi connectivity index (χ3v) is 7.01. The highest BCUT2D eigenvalue weighted by Crippen LogP contribution is 2.47. The van der Waals surface area contributed by atoms with Gasteiger partial charge in [-0.3, -0.25) is 14.6 Å². The Morgan fingerprint density at radius 1 is 1.03 bits per heavy atom. The van der Waals surface area contributed by atoms with Crippen LogP contribution in [0.5, 0.6) is 0 Å². The van der Waals surface area contributed by atoms with Gasteiger partial charge < -0.3 is 15.5 Å². The predicted molar refractivity (Wildman–Crippen MR) is 114 cm³/mol. The molecule has 1 saturated carbocycles. The van der Waals surface area contributed by atoms with E-state index in [-0.39, 0.29) is 17.7 Å². The van der Waals surface area contributed by atoms with E-state index >= 15 is 0 Å². The van der Waals surface area contributed by atoms with Crippen LogP contribution >= 0.6 is 0 Å². The molecule has 2 aliphatic heterocycles. The minimum Gasteiger partial charge on any atom is -0.362 e. The van der Waals surface area contributed by atoms with Gasteiger partial charge in [0.05, 0.1) is 11.1 Å². The molecule has 0 unspecified atom stereocenters. The number of nitrogens with zero attached hydrogens (tertiary/aromatic N) is 2. The fraction of sp³-hybridized carbons (Fsp3) is 0.292. The summed E-state index contributed by atoms with van der Waals surface area (Å²) in [5, 5.41) is 7.76. The second-order valence-electron chi connectivity index (χ2n) is 8.59. The van der Waals surface area contributed by atoms with E-state index in [2.05, 4.69) is 15.6 Å². The van der Waals surface area contributed by atoms with Gasteiger partial charge in [-0.1, -0.05) is 24.3 Å². The standard InChI is InChI=1S/C24H22N4O2/c29-22-18-5-1-2-8-21(18)26-24(27-22)11-10-15-13-28(14-19(15)24)23(30)17-6-3-9-20-16(17)7-4-12-25-20/h1-9,12,15,19,26H,10-11,13-14H2,(H,27,29)/t15-,19+,24+/m1/s1. The number of pyridine rings is 1. The average molecular weight is 398 g/mol. The quantitative estimate of drug-likeness (QED) is 0.660. The molecule has 3 aromatic rings. The number of hydrogen-bond acceptors (Lipinski definition) is 4. The number of likely N-dealkylation sites (tertiary alicyclic amines) is 1. The summed E-state index contributed by atoms with van der Waals surface area (Å²) in [5.74, 6) is 0.572. The molecule has 1 aliphatic carbocycles. The lowest BCUT2D eigenvalue weighted by Crippen LogP contribution is -2.61. The Labute approximate surface area is 174 Å². The highest BCUT2D eigenvalue weighted by atomic mass is 16.2. The summed E-state index contributed by atoms with van der Waals surface area (Å²) in [6.45, 7) is 1.36. The van der Waals surface area contributed by atoms with Crippen LogP contribution in [0.4, 0.5) is 5.69 Å². The normalized spacial score (nSPS) is 26.9. The van der Waals surface area contributed by atoms with E-state index in [0.29, 0.717) is 23.6 Å². The molecule has 1 spiro atoms. The van der Waals surface area contributed by atoms with Crippen LogP contribution in [0.2, 0.25) is 0 Å². The van der Waals surface area contributed by atoms with E-state index in [1.165, 1.54) is 0 Å². The summed E-state index contributed by atoms with van der Waals surface area (Å²) < 4.78 is 0. The maximum absolute atomic E-state index is 13.4. The molecule has 150 valence electrons. The number of hydrogen-bond donors (Lipinski definition) is 2. The zero-order valence-corrected chi connectivity index (χ0v) is 16.5. The van der Waals surface area contributed by atoms with E-state index in [9.17, 15) is 9.59 Å². The molecule has 3 aliphatic rings. The molecule has 3 atom stereocenters. The van der Waals surface area contributed by atoms with Gasteiger partial charge in [-0.2, -0.15) is 0 Å². The Kier molecular flexibility index (Phi) is 3.66. The molecule has 6 heteroatoms. The molecule has 2 amide bonds. The summed E-state index contributed by atoms with van der Waals surface area (Å²) >= 11 is 0. The Hall–Kier alpha value is -3.41. The fourth-order valence-corrected chi connectivity index (χ4v) is 5.59. The monoisotopic (exact) mass is 398 g/mol. The summed E-state index contributed by atoms with van der Waals surface area (Å²) in [6.07, 6.45) is 3.61. The predicted octanol–water partition coefficient (Wildman–Crippen LogP) is 3.27. The fourth-order valence-electron chi connectivity index (χ4n) is 5.59. The largest absolute Gasteiger partial charge is 0.362 e. The molecule has 2 aromatic carbocycles. The van der Waals surface area contributed by atoms with Gasteiger partial charge >= 0.3 is 0 Å². The van der Waals surface area contributed by atoms with E-state index in [1.54, 1.807) is 6.20 Å². The Morgan fingerprint density at radius 3 is 2.87 bits per heavy atom.